The molecule has 0 unspecified atom stereocenters. The molecule has 4 heteroatoms. The van der Waals surface area contributed by atoms with Crippen molar-refractivity contribution in [2.75, 3.05) is 19.7 Å². The monoisotopic (exact) mass is 260 g/mol. The summed E-state index contributed by atoms with van der Waals surface area (Å²) < 4.78 is 5.56. The van der Waals surface area contributed by atoms with Gasteiger partial charge < -0.3 is 15.8 Å². The number of carbonyl (C=O) groups excluding carboxylic acids is 1. The van der Waals surface area contributed by atoms with E-state index in [-0.39, 0.29) is 5.91 Å². The quantitative estimate of drug-likeness (QED) is 0.765. The van der Waals surface area contributed by atoms with Crippen molar-refractivity contribution in [3.8, 4) is 5.75 Å². The molecule has 0 saturated carbocycles. The van der Waals surface area contributed by atoms with Crippen LogP contribution in [-0.2, 0) is 4.79 Å². The number of nitrogens with two attached hydrogens (primary N) is 1. The van der Waals surface area contributed by atoms with Crippen molar-refractivity contribution < 1.29 is 9.53 Å². The highest BCUT2D eigenvalue weighted by Crippen LogP contribution is 2.22. The fourth-order valence-electron chi connectivity index (χ4n) is 2.09. The van der Waals surface area contributed by atoms with Gasteiger partial charge in [0.1, 0.15) is 5.75 Å². The van der Waals surface area contributed by atoms with E-state index < -0.39 is 0 Å². The molecular formula is C15H20N2O2. The Balaban J connectivity index is 1.84. The number of hydrogen-bond donors (Lipinski definition) is 2. The maximum absolute atomic E-state index is 10.6. The summed E-state index contributed by atoms with van der Waals surface area (Å²) in [6.45, 7) is 2.51. The molecule has 0 atom stereocenters. The standard InChI is InChI=1S/C15H20N2O2/c16-15(18)2-1-11-19-14-5-3-12(4-6-14)13-7-9-17-10-8-13/h3-7,17H,1-2,8-11H2,(H2,16,18). The largest absolute Gasteiger partial charge is 0.494 e. The van der Waals surface area contributed by atoms with Crippen LogP contribution in [0.2, 0.25) is 0 Å². The smallest absolute Gasteiger partial charge is 0.217 e. The molecule has 1 amide bonds. The predicted octanol–water partition coefficient (Wildman–Crippen LogP) is 1.71. The van der Waals surface area contributed by atoms with E-state index in [0.717, 1.165) is 25.3 Å². The highest BCUT2D eigenvalue weighted by Gasteiger charge is 2.05. The van der Waals surface area contributed by atoms with E-state index in [0.29, 0.717) is 19.4 Å². The molecule has 1 aromatic rings. The number of hydrogen-bond acceptors (Lipinski definition) is 3. The number of nitrogens with one attached hydrogen (secondary N) is 1. The average molecular weight is 260 g/mol. The SMILES string of the molecule is NC(=O)CCCOc1ccc(C2=CCNCC2)cc1. The molecule has 0 radical (unpaired) electrons. The zero-order valence-corrected chi connectivity index (χ0v) is 11.0. The summed E-state index contributed by atoms with van der Waals surface area (Å²) in [5.74, 6) is 0.555. The number of primary amides is 1. The number of rotatable bonds is 6. The van der Waals surface area contributed by atoms with Crippen molar-refractivity contribution in [1.29, 1.82) is 0 Å². The molecule has 4 nitrogen and oxygen atoms in total. The normalized spacial score (nSPS) is 14.8. The van der Waals surface area contributed by atoms with Crippen molar-refractivity contribution in [2.45, 2.75) is 19.3 Å². The Morgan fingerprint density at radius 3 is 2.74 bits per heavy atom. The average Bonchev–Trinajstić information content (AvgIpc) is 2.45. The van der Waals surface area contributed by atoms with Crippen molar-refractivity contribution in [3.05, 3.63) is 35.9 Å². The zero-order chi connectivity index (χ0) is 13.5. The van der Waals surface area contributed by atoms with Gasteiger partial charge in [0.25, 0.3) is 0 Å². The number of benzene rings is 1. The lowest BCUT2D eigenvalue weighted by molar-refractivity contribution is -0.118. The van der Waals surface area contributed by atoms with Gasteiger partial charge in [-0.15, -0.1) is 0 Å². The van der Waals surface area contributed by atoms with Crippen LogP contribution in [0, 0.1) is 0 Å². The molecule has 19 heavy (non-hydrogen) atoms. The summed E-state index contributed by atoms with van der Waals surface area (Å²) >= 11 is 0. The lowest BCUT2D eigenvalue weighted by Gasteiger charge is -2.14. The molecule has 102 valence electrons. The molecule has 1 aliphatic rings. The minimum atomic E-state index is -0.281. The third kappa shape index (κ3) is 4.41. The van der Waals surface area contributed by atoms with Crippen LogP contribution in [0.3, 0.4) is 0 Å². The number of ether oxygens (including phenoxy) is 1. The van der Waals surface area contributed by atoms with Gasteiger partial charge in [0, 0.05) is 13.0 Å². The third-order valence-electron chi connectivity index (χ3n) is 3.13. The van der Waals surface area contributed by atoms with E-state index in [1.807, 2.05) is 12.1 Å². The van der Waals surface area contributed by atoms with Gasteiger partial charge in [0.2, 0.25) is 5.91 Å². The van der Waals surface area contributed by atoms with E-state index in [9.17, 15) is 4.79 Å². The minimum absolute atomic E-state index is 0.281. The van der Waals surface area contributed by atoms with Crippen LogP contribution in [0.5, 0.6) is 5.75 Å². The van der Waals surface area contributed by atoms with Gasteiger partial charge in [-0.3, -0.25) is 4.79 Å². The van der Waals surface area contributed by atoms with Crippen LogP contribution in [0.1, 0.15) is 24.8 Å². The molecule has 0 saturated heterocycles. The first-order chi connectivity index (χ1) is 9.25. The highest BCUT2D eigenvalue weighted by atomic mass is 16.5. The topological polar surface area (TPSA) is 64.4 Å². The zero-order valence-electron chi connectivity index (χ0n) is 11.0. The van der Waals surface area contributed by atoms with Gasteiger partial charge in [-0.1, -0.05) is 18.2 Å². The first-order valence-corrected chi connectivity index (χ1v) is 6.67. The van der Waals surface area contributed by atoms with Gasteiger partial charge in [-0.25, -0.2) is 0 Å². The Morgan fingerprint density at radius 2 is 2.11 bits per heavy atom. The van der Waals surface area contributed by atoms with E-state index in [4.69, 9.17) is 10.5 Å². The van der Waals surface area contributed by atoms with Crippen LogP contribution in [-0.4, -0.2) is 25.6 Å². The highest BCUT2D eigenvalue weighted by molar-refractivity contribution is 5.73. The second-order valence-corrected chi connectivity index (χ2v) is 4.63. The maximum Gasteiger partial charge on any atom is 0.217 e. The van der Waals surface area contributed by atoms with Crippen LogP contribution in [0.25, 0.3) is 5.57 Å². The van der Waals surface area contributed by atoms with Crippen molar-refractivity contribution >= 4 is 11.5 Å². The van der Waals surface area contributed by atoms with Crippen molar-refractivity contribution in [3.63, 3.8) is 0 Å². The summed E-state index contributed by atoms with van der Waals surface area (Å²) in [5, 5.41) is 3.30. The van der Waals surface area contributed by atoms with Gasteiger partial charge in [0.15, 0.2) is 0 Å². The van der Waals surface area contributed by atoms with E-state index in [1.54, 1.807) is 0 Å². The Hall–Kier alpha value is -1.81. The lowest BCUT2D eigenvalue weighted by Crippen LogP contribution is -2.19. The van der Waals surface area contributed by atoms with Crippen molar-refractivity contribution in [2.24, 2.45) is 5.73 Å². The molecule has 0 spiro atoms. The van der Waals surface area contributed by atoms with Gasteiger partial charge in [0.05, 0.1) is 6.61 Å². The summed E-state index contributed by atoms with van der Waals surface area (Å²) in [4.78, 5) is 10.6. The summed E-state index contributed by atoms with van der Waals surface area (Å²) in [6.07, 6.45) is 4.33. The van der Waals surface area contributed by atoms with Gasteiger partial charge >= 0.3 is 0 Å². The molecule has 2 rings (SSSR count). The first kappa shape index (κ1) is 13.6. The molecule has 3 N–H and O–H groups in total. The lowest BCUT2D eigenvalue weighted by atomic mass is 10.0. The number of amides is 1. The summed E-state index contributed by atoms with van der Waals surface area (Å²) in [5.41, 5.74) is 7.71. The summed E-state index contributed by atoms with van der Waals surface area (Å²) in [7, 11) is 0. The van der Waals surface area contributed by atoms with Crippen LogP contribution >= 0.6 is 0 Å². The summed E-state index contributed by atoms with van der Waals surface area (Å²) in [6, 6.07) is 8.12. The van der Waals surface area contributed by atoms with Crippen LogP contribution in [0.15, 0.2) is 30.3 Å². The second kappa shape index (κ2) is 6.95. The molecule has 0 bridgehead atoms. The van der Waals surface area contributed by atoms with E-state index in [1.165, 1.54) is 11.1 Å². The Morgan fingerprint density at radius 1 is 1.32 bits per heavy atom. The van der Waals surface area contributed by atoms with Gasteiger partial charge in [-0.2, -0.15) is 0 Å². The molecule has 0 aliphatic carbocycles. The molecule has 1 heterocycles. The van der Waals surface area contributed by atoms with Crippen molar-refractivity contribution in [1.82, 2.24) is 5.32 Å². The molecule has 0 fully saturated rings. The minimum Gasteiger partial charge on any atom is -0.494 e. The van der Waals surface area contributed by atoms with E-state index in [2.05, 4.69) is 23.5 Å². The number of carbonyl (C=O) groups is 1. The van der Waals surface area contributed by atoms with Crippen LogP contribution in [0.4, 0.5) is 0 Å². The Bertz CT molecular complexity index is 452. The Labute approximate surface area is 113 Å². The van der Waals surface area contributed by atoms with Gasteiger partial charge in [-0.05, 0) is 42.7 Å². The van der Waals surface area contributed by atoms with Crippen LogP contribution < -0.4 is 15.8 Å². The second-order valence-electron chi connectivity index (χ2n) is 4.63. The fraction of sp³-hybridized carbons (Fsp3) is 0.400. The molecule has 0 aromatic heterocycles. The molecule has 1 aromatic carbocycles. The first-order valence-electron chi connectivity index (χ1n) is 6.67. The third-order valence-corrected chi connectivity index (χ3v) is 3.13. The Kier molecular flexibility index (Phi) is 4.98. The molecule has 1 aliphatic heterocycles. The van der Waals surface area contributed by atoms with E-state index >= 15 is 0 Å². The molecular weight excluding hydrogens is 240 g/mol. The predicted molar refractivity (Wildman–Crippen MR) is 75.8 cm³/mol. The maximum atomic E-state index is 10.6. The fourth-order valence-corrected chi connectivity index (χ4v) is 2.09.